The normalized spacial score (nSPS) is 15.5. The molecule has 3 aromatic rings. The van der Waals surface area contributed by atoms with Gasteiger partial charge in [-0.15, -0.1) is 0 Å². The average Bonchev–Trinajstić information content (AvgIpc) is 3.01. The van der Waals surface area contributed by atoms with Crippen molar-refractivity contribution in [2.75, 3.05) is 6.61 Å². The molecule has 2 heterocycles. The average molecular weight is 410 g/mol. The van der Waals surface area contributed by atoms with Crippen molar-refractivity contribution in [3.8, 4) is 17.2 Å². The Morgan fingerprint density at radius 1 is 1.17 bits per heavy atom. The lowest BCUT2D eigenvalue weighted by molar-refractivity contribution is -0.130. The minimum absolute atomic E-state index is 0.142. The van der Waals surface area contributed by atoms with Gasteiger partial charge in [-0.3, -0.25) is 4.79 Å². The summed E-state index contributed by atoms with van der Waals surface area (Å²) >= 11 is 5.98. The maximum absolute atomic E-state index is 12.4. The zero-order valence-electron chi connectivity index (χ0n) is 16.1. The number of carbonyl (C=O) groups excluding carboxylic acids is 1. The SMILES string of the molecule is Cc1cc(/C=N\NC(=O)[C@@H]2COc3ccccc3O2)c(C)n1-c1ccc(Cl)cc1. The maximum Gasteiger partial charge on any atom is 0.284 e. The van der Waals surface area contributed by atoms with Crippen molar-refractivity contribution in [3.63, 3.8) is 0 Å². The van der Waals surface area contributed by atoms with Crippen LogP contribution in [0.25, 0.3) is 5.69 Å². The number of para-hydroxylation sites is 2. The van der Waals surface area contributed by atoms with E-state index in [1.54, 1.807) is 18.3 Å². The number of hydrogen-bond donors (Lipinski definition) is 1. The summed E-state index contributed by atoms with van der Waals surface area (Å²) in [4.78, 5) is 12.4. The number of amides is 1. The third kappa shape index (κ3) is 3.98. The van der Waals surface area contributed by atoms with Gasteiger partial charge in [-0.2, -0.15) is 5.10 Å². The second-order valence-electron chi connectivity index (χ2n) is 6.74. The molecular formula is C22H20ClN3O3. The van der Waals surface area contributed by atoms with Crippen molar-refractivity contribution in [1.29, 1.82) is 0 Å². The van der Waals surface area contributed by atoms with E-state index in [0.29, 0.717) is 16.5 Å². The summed E-state index contributed by atoms with van der Waals surface area (Å²) in [6, 6.07) is 16.9. The number of aromatic nitrogens is 1. The van der Waals surface area contributed by atoms with Crippen LogP contribution < -0.4 is 14.9 Å². The van der Waals surface area contributed by atoms with Crippen LogP contribution in [-0.4, -0.2) is 29.4 Å². The molecule has 29 heavy (non-hydrogen) atoms. The Morgan fingerprint density at radius 3 is 2.66 bits per heavy atom. The van der Waals surface area contributed by atoms with Crippen LogP contribution in [0.4, 0.5) is 0 Å². The molecule has 1 aromatic heterocycles. The number of hydrazone groups is 1. The van der Waals surface area contributed by atoms with Gasteiger partial charge in [0.2, 0.25) is 6.10 Å². The molecule has 7 heteroatoms. The highest BCUT2D eigenvalue weighted by Crippen LogP contribution is 2.30. The number of ether oxygens (including phenoxy) is 2. The number of fused-ring (bicyclic) bond motifs is 1. The highest BCUT2D eigenvalue weighted by molar-refractivity contribution is 6.30. The second-order valence-corrected chi connectivity index (χ2v) is 7.17. The first-order valence-electron chi connectivity index (χ1n) is 9.19. The summed E-state index contributed by atoms with van der Waals surface area (Å²) in [5, 5.41) is 4.79. The molecule has 0 unspecified atom stereocenters. The summed E-state index contributed by atoms with van der Waals surface area (Å²) in [5.74, 6) is 0.825. The molecule has 1 amide bonds. The Labute approximate surface area is 173 Å². The third-order valence-corrected chi connectivity index (χ3v) is 4.99. The van der Waals surface area contributed by atoms with Gasteiger partial charge in [0.05, 0.1) is 6.21 Å². The first kappa shape index (κ1) is 19.1. The van der Waals surface area contributed by atoms with Crippen LogP contribution in [0.5, 0.6) is 11.5 Å². The molecule has 0 fully saturated rings. The molecular weight excluding hydrogens is 390 g/mol. The maximum atomic E-state index is 12.4. The van der Waals surface area contributed by atoms with Crippen molar-refractivity contribution in [3.05, 3.63) is 76.6 Å². The summed E-state index contributed by atoms with van der Waals surface area (Å²) in [6.45, 7) is 4.16. The van der Waals surface area contributed by atoms with E-state index in [1.165, 1.54) is 0 Å². The van der Waals surface area contributed by atoms with Crippen molar-refractivity contribution >= 4 is 23.7 Å². The molecule has 1 atom stereocenters. The quantitative estimate of drug-likeness (QED) is 0.522. The molecule has 0 spiro atoms. The summed E-state index contributed by atoms with van der Waals surface area (Å²) in [5.41, 5.74) is 6.52. The predicted molar refractivity (Wildman–Crippen MR) is 112 cm³/mol. The van der Waals surface area contributed by atoms with Crippen molar-refractivity contribution < 1.29 is 14.3 Å². The predicted octanol–water partition coefficient (Wildman–Crippen LogP) is 4.04. The monoisotopic (exact) mass is 409 g/mol. The summed E-state index contributed by atoms with van der Waals surface area (Å²) < 4.78 is 13.4. The van der Waals surface area contributed by atoms with Gasteiger partial charge < -0.3 is 14.0 Å². The van der Waals surface area contributed by atoms with E-state index in [-0.39, 0.29) is 12.5 Å². The lowest BCUT2D eigenvalue weighted by Crippen LogP contribution is -2.42. The van der Waals surface area contributed by atoms with E-state index in [4.69, 9.17) is 21.1 Å². The zero-order chi connectivity index (χ0) is 20.4. The molecule has 148 valence electrons. The Morgan fingerprint density at radius 2 is 1.90 bits per heavy atom. The highest BCUT2D eigenvalue weighted by atomic mass is 35.5. The lowest BCUT2D eigenvalue weighted by atomic mass is 10.2. The standard InChI is InChI=1S/C22H20ClN3O3/c1-14-11-16(15(2)26(14)18-9-7-17(23)8-10-18)12-24-25-22(27)21-13-28-19-5-3-4-6-20(19)29-21/h3-12,21H,13H2,1-2H3,(H,25,27)/b24-12-/t21-/m0/s1. The van der Waals surface area contributed by atoms with Crippen LogP contribution in [0.2, 0.25) is 5.02 Å². The molecule has 2 aromatic carbocycles. The van der Waals surface area contributed by atoms with E-state index >= 15 is 0 Å². The van der Waals surface area contributed by atoms with Crippen LogP contribution in [0.3, 0.4) is 0 Å². The molecule has 0 radical (unpaired) electrons. The number of carbonyl (C=O) groups is 1. The second kappa shape index (κ2) is 8.01. The topological polar surface area (TPSA) is 64.8 Å². The van der Waals surface area contributed by atoms with Crippen molar-refractivity contribution in [2.45, 2.75) is 20.0 Å². The summed E-state index contributed by atoms with van der Waals surface area (Å²) in [7, 11) is 0. The largest absolute Gasteiger partial charge is 0.485 e. The van der Waals surface area contributed by atoms with Gasteiger partial charge in [-0.25, -0.2) is 5.43 Å². The minimum Gasteiger partial charge on any atom is -0.485 e. The fourth-order valence-corrected chi connectivity index (χ4v) is 3.42. The first-order valence-corrected chi connectivity index (χ1v) is 9.57. The van der Waals surface area contributed by atoms with E-state index in [2.05, 4.69) is 15.1 Å². The molecule has 6 nitrogen and oxygen atoms in total. The van der Waals surface area contributed by atoms with Gasteiger partial charge in [0.15, 0.2) is 11.5 Å². The van der Waals surface area contributed by atoms with Gasteiger partial charge >= 0.3 is 0 Å². The minimum atomic E-state index is -0.747. The first-order chi connectivity index (χ1) is 14.0. The highest BCUT2D eigenvalue weighted by Gasteiger charge is 2.27. The number of hydrogen-bond acceptors (Lipinski definition) is 4. The van der Waals surface area contributed by atoms with Gasteiger partial charge in [0, 0.05) is 27.7 Å². The van der Waals surface area contributed by atoms with E-state index in [1.807, 2.05) is 56.3 Å². The van der Waals surface area contributed by atoms with E-state index in [0.717, 1.165) is 22.6 Å². The number of nitrogens with zero attached hydrogens (tertiary/aromatic N) is 2. The molecule has 1 N–H and O–H groups in total. The lowest BCUT2D eigenvalue weighted by Gasteiger charge is -2.24. The number of aryl methyl sites for hydroxylation is 1. The summed E-state index contributed by atoms with van der Waals surface area (Å²) in [6.07, 6.45) is 0.883. The van der Waals surface area contributed by atoms with Crippen molar-refractivity contribution in [2.24, 2.45) is 5.10 Å². The van der Waals surface area contributed by atoms with Gasteiger partial charge in [-0.1, -0.05) is 23.7 Å². The van der Waals surface area contributed by atoms with Crippen LogP contribution in [0.1, 0.15) is 17.0 Å². The van der Waals surface area contributed by atoms with E-state index < -0.39 is 6.10 Å². The van der Waals surface area contributed by atoms with Crippen molar-refractivity contribution in [1.82, 2.24) is 9.99 Å². The molecule has 0 bridgehead atoms. The number of halogens is 1. The van der Waals surface area contributed by atoms with Gasteiger partial charge in [0.25, 0.3) is 5.91 Å². The smallest absolute Gasteiger partial charge is 0.284 e. The van der Waals surface area contributed by atoms with Crippen LogP contribution in [0, 0.1) is 13.8 Å². The van der Waals surface area contributed by atoms with Crippen LogP contribution in [0.15, 0.2) is 59.7 Å². The Bertz CT molecular complexity index is 1070. The third-order valence-electron chi connectivity index (χ3n) is 4.73. The van der Waals surface area contributed by atoms with Gasteiger partial charge in [0.1, 0.15) is 6.61 Å². The zero-order valence-corrected chi connectivity index (χ0v) is 16.8. The fourth-order valence-electron chi connectivity index (χ4n) is 3.29. The Balaban J connectivity index is 1.44. The molecule has 4 rings (SSSR count). The fraction of sp³-hybridized carbons (Fsp3) is 0.182. The molecule has 1 aliphatic rings. The van der Waals surface area contributed by atoms with Crippen LogP contribution >= 0.6 is 11.6 Å². The van der Waals surface area contributed by atoms with Gasteiger partial charge in [-0.05, 0) is 56.3 Å². The Hall–Kier alpha value is -3.25. The molecule has 0 saturated carbocycles. The molecule has 0 saturated heterocycles. The molecule has 0 aliphatic carbocycles. The van der Waals surface area contributed by atoms with Crippen LogP contribution in [-0.2, 0) is 4.79 Å². The Kier molecular flexibility index (Phi) is 5.27. The molecule has 1 aliphatic heterocycles. The number of rotatable bonds is 4. The number of benzene rings is 2. The number of nitrogens with one attached hydrogen (secondary N) is 1. The van der Waals surface area contributed by atoms with E-state index in [9.17, 15) is 4.79 Å².